The Morgan fingerprint density at radius 1 is 0.391 bits per heavy atom. The van der Waals surface area contributed by atoms with Gasteiger partial charge in [0.05, 0.1) is 0 Å². The van der Waals surface area contributed by atoms with Gasteiger partial charge in [-0.05, 0) is 0 Å². The van der Waals surface area contributed by atoms with Crippen LogP contribution < -0.4 is 12.4 Å². The first-order chi connectivity index (χ1) is 10.2. The van der Waals surface area contributed by atoms with E-state index in [4.69, 9.17) is 0 Å². The van der Waals surface area contributed by atoms with Crippen molar-refractivity contribution in [1.29, 1.82) is 0 Å². The summed E-state index contributed by atoms with van der Waals surface area (Å²) in [6.45, 7) is 11.2. The molecule has 0 aromatic heterocycles. The molecule has 0 spiro atoms. The molecule has 0 unspecified atom stereocenters. The molecule has 3 rings (SSSR count). The molecule has 2 heteroatoms. The van der Waals surface area contributed by atoms with Gasteiger partial charge in [0.1, 0.15) is 0 Å². The van der Waals surface area contributed by atoms with Gasteiger partial charge in [0.25, 0.3) is 0 Å². The van der Waals surface area contributed by atoms with Gasteiger partial charge in [-0.1, -0.05) is 18.2 Å². The average molecular weight is 400 g/mol. The van der Waals surface area contributed by atoms with Crippen LogP contribution in [0, 0.1) is 20.8 Å². The van der Waals surface area contributed by atoms with E-state index in [1.807, 2.05) is 91.0 Å². The van der Waals surface area contributed by atoms with Crippen LogP contribution in [0.1, 0.15) is 16.7 Å². The third-order valence-electron chi connectivity index (χ3n) is 2.53. The molecule has 3 aromatic carbocycles. The minimum absolute atomic E-state index is 0. The topological polar surface area (TPSA) is 0 Å². The fourth-order valence-electron chi connectivity index (χ4n) is 1.43. The number of halogens is 1. The van der Waals surface area contributed by atoms with E-state index in [9.17, 15) is 0 Å². The van der Waals surface area contributed by atoms with Gasteiger partial charge >= 0.3 is 26.2 Å². The SMILES string of the molecule is [CH2-]c1ccccc1.[CH2-]c1ccccc1.[CH2-]c1ccccc1.[Cl-].[Zr+4]. The maximum absolute atomic E-state index is 3.72. The van der Waals surface area contributed by atoms with Crippen molar-refractivity contribution in [1.82, 2.24) is 0 Å². The van der Waals surface area contributed by atoms with Gasteiger partial charge in [-0.25, -0.2) is 0 Å². The fourth-order valence-corrected chi connectivity index (χ4v) is 1.43. The summed E-state index contributed by atoms with van der Waals surface area (Å²) < 4.78 is 0. The van der Waals surface area contributed by atoms with E-state index in [1.165, 1.54) is 0 Å². The fraction of sp³-hybridized carbons (Fsp3) is 0. The van der Waals surface area contributed by atoms with Crippen LogP contribution in [-0.4, -0.2) is 0 Å². The first-order valence-electron chi connectivity index (χ1n) is 6.79. The predicted molar refractivity (Wildman–Crippen MR) is 92.7 cm³/mol. The first-order valence-corrected chi connectivity index (χ1v) is 6.79. The Balaban J connectivity index is 0. The molecule has 0 aliphatic heterocycles. The summed E-state index contributed by atoms with van der Waals surface area (Å²) in [5.74, 6) is 0. The molecule has 23 heavy (non-hydrogen) atoms. The zero-order valence-electron chi connectivity index (χ0n) is 13.2. The molecule has 0 nitrogen and oxygen atoms in total. The van der Waals surface area contributed by atoms with Gasteiger partial charge in [0.15, 0.2) is 0 Å². The van der Waals surface area contributed by atoms with E-state index in [0.29, 0.717) is 0 Å². The van der Waals surface area contributed by atoms with Gasteiger partial charge in [-0.15, -0.1) is 36.4 Å². The van der Waals surface area contributed by atoms with Crippen LogP contribution in [0.5, 0.6) is 0 Å². The summed E-state index contributed by atoms with van der Waals surface area (Å²) in [5.41, 5.74) is 3.22. The molecule has 0 saturated carbocycles. The number of rotatable bonds is 0. The molecule has 0 N–H and O–H groups in total. The van der Waals surface area contributed by atoms with E-state index < -0.39 is 0 Å². The minimum atomic E-state index is 0. The van der Waals surface area contributed by atoms with Gasteiger partial charge in [0.2, 0.25) is 0 Å². The number of benzene rings is 3. The smallest absolute Gasteiger partial charge is 1.00 e. The third-order valence-corrected chi connectivity index (χ3v) is 2.53. The second-order valence-electron chi connectivity index (χ2n) is 4.46. The zero-order chi connectivity index (χ0) is 15.3. The van der Waals surface area contributed by atoms with Crippen molar-refractivity contribution in [3.05, 3.63) is 128 Å². The van der Waals surface area contributed by atoms with Crippen LogP contribution in [0.4, 0.5) is 0 Å². The molecule has 0 aliphatic carbocycles. The monoisotopic (exact) mass is 398 g/mol. The van der Waals surface area contributed by atoms with E-state index in [0.717, 1.165) is 16.7 Å². The predicted octanol–water partition coefficient (Wildman–Crippen LogP) is 2.61. The second kappa shape index (κ2) is 15.3. The molecule has 0 heterocycles. The van der Waals surface area contributed by atoms with Crippen LogP contribution in [0.3, 0.4) is 0 Å². The average Bonchev–Trinajstić information content (AvgIpc) is 2.51. The summed E-state index contributed by atoms with van der Waals surface area (Å²) in [6.07, 6.45) is 0. The van der Waals surface area contributed by atoms with Crippen molar-refractivity contribution in [2.45, 2.75) is 0 Å². The number of hydrogen-bond acceptors (Lipinski definition) is 0. The molecule has 0 radical (unpaired) electrons. The summed E-state index contributed by atoms with van der Waals surface area (Å²) in [7, 11) is 0. The molecule has 3 aromatic rings. The molecule has 0 fully saturated rings. The Morgan fingerprint density at radius 3 is 0.652 bits per heavy atom. The largest absolute Gasteiger partial charge is 4.00 e. The summed E-state index contributed by atoms with van der Waals surface area (Å²) in [4.78, 5) is 0. The Labute approximate surface area is 166 Å². The van der Waals surface area contributed by atoms with Crippen molar-refractivity contribution in [3.8, 4) is 0 Å². The third kappa shape index (κ3) is 13.8. The maximum atomic E-state index is 3.72. The Hall–Kier alpha value is -1.56. The molecule has 0 bridgehead atoms. The Bertz CT molecular complexity index is 491. The Morgan fingerprint density at radius 2 is 0.565 bits per heavy atom. The van der Waals surface area contributed by atoms with Gasteiger partial charge < -0.3 is 12.4 Å². The zero-order valence-corrected chi connectivity index (χ0v) is 16.4. The summed E-state index contributed by atoms with van der Waals surface area (Å²) in [6, 6.07) is 29.6. The van der Waals surface area contributed by atoms with Crippen LogP contribution in [0.15, 0.2) is 91.0 Å². The van der Waals surface area contributed by atoms with E-state index >= 15 is 0 Å². The van der Waals surface area contributed by atoms with Crippen LogP contribution in [-0.2, 0) is 26.2 Å². The van der Waals surface area contributed by atoms with Crippen LogP contribution in [0.25, 0.3) is 0 Å². The molecule has 0 atom stereocenters. The van der Waals surface area contributed by atoms with Crippen LogP contribution in [0.2, 0.25) is 0 Å². The molecular weight excluding hydrogens is 379 g/mol. The Kier molecular flexibility index (Phi) is 15.8. The standard InChI is InChI=1S/3C7H7.ClH.Zr/c3*1-7-5-3-2-4-6-7;;/h3*2-6H,1H2;1H;/q3*-1;;+4/p-1. The first kappa shape index (κ1) is 23.7. The number of hydrogen-bond donors (Lipinski definition) is 0. The van der Waals surface area contributed by atoms with Gasteiger partial charge in [-0.3, -0.25) is 0 Å². The minimum Gasteiger partial charge on any atom is -1.00 e. The van der Waals surface area contributed by atoms with Crippen molar-refractivity contribution >= 4 is 0 Å². The van der Waals surface area contributed by atoms with E-state index in [1.54, 1.807) is 0 Å². The normalized spacial score (nSPS) is 7.83. The molecule has 0 saturated heterocycles. The van der Waals surface area contributed by atoms with Crippen molar-refractivity contribution in [2.24, 2.45) is 0 Å². The van der Waals surface area contributed by atoms with Crippen LogP contribution >= 0.6 is 0 Å². The van der Waals surface area contributed by atoms with Crippen molar-refractivity contribution in [2.75, 3.05) is 0 Å². The molecule has 0 aliphatic rings. The maximum Gasteiger partial charge on any atom is 4.00 e. The molecular formula is C21H21ClZr. The van der Waals surface area contributed by atoms with Gasteiger partial charge in [-0.2, -0.15) is 73.9 Å². The second-order valence-corrected chi connectivity index (χ2v) is 4.46. The van der Waals surface area contributed by atoms with Crippen molar-refractivity contribution < 1.29 is 38.6 Å². The van der Waals surface area contributed by atoms with Gasteiger partial charge in [0, 0.05) is 0 Å². The summed E-state index contributed by atoms with van der Waals surface area (Å²) >= 11 is 0. The molecule has 116 valence electrons. The quantitative estimate of drug-likeness (QED) is 0.510. The van der Waals surface area contributed by atoms with Crippen molar-refractivity contribution in [3.63, 3.8) is 0 Å². The van der Waals surface area contributed by atoms with E-state index in [-0.39, 0.29) is 38.6 Å². The molecule has 0 amide bonds. The summed E-state index contributed by atoms with van der Waals surface area (Å²) in [5, 5.41) is 0. The van der Waals surface area contributed by atoms with E-state index in [2.05, 4.69) is 20.8 Å².